The van der Waals surface area contributed by atoms with Crippen LogP contribution in [0.1, 0.15) is 69.1 Å². The number of para-hydroxylation sites is 1. The molecule has 3 rings (SSSR count). The van der Waals surface area contributed by atoms with E-state index in [1.54, 1.807) is 0 Å². The Bertz CT molecular complexity index is 901. The van der Waals surface area contributed by atoms with Crippen LogP contribution in [0.15, 0.2) is 72.8 Å². The lowest BCUT2D eigenvalue weighted by Crippen LogP contribution is -2.11. The summed E-state index contributed by atoms with van der Waals surface area (Å²) in [5.74, 6) is 3.57. The number of hydrogen-bond donors (Lipinski definition) is 0. The third kappa shape index (κ3) is 5.53. The normalized spacial score (nSPS) is 17.8. The smallest absolute Gasteiger partial charge is 0.137 e. The van der Waals surface area contributed by atoms with E-state index in [1.165, 1.54) is 36.0 Å². The zero-order valence-corrected chi connectivity index (χ0v) is 19.0. The topological polar surface area (TPSA) is 9.23 Å². The summed E-state index contributed by atoms with van der Waals surface area (Å²) < 4.78 is 6.34. The van der Waals surface area contributed by atoms with Crippen molar-refractivity contribution in [3.63, 3.8) is 0 Å². The van der Waals surface area contributed by atoms with Gasteiger partial charge in [-0.15, -0.1) is 0 Å². The van der Waals surface area contributed by atoms with Crippen molar-refractivity contribution >= 4 is 6.08 Å². The van der Waals surface area contributed by atoms with Gasteiger partial charge in [0.2, 0.25) is 0 Å². The molecule has 0 fully saturated rings. The third-order valence-electron chi connectivity index (χ3n) is 6.26. The zero-order chi connectivity index (χ0) is 21.5. The van der Waals surface area contributed by atoms with Crippen LogP contribution in [0.4, 0.5) is 0 Å². The Kier molecular flexibility index (Phi) is 7.74. The predicted molar refractivity (Wildman–Crippen MR) is 130 cm³/mol. The van der Waals surface area contributed by atoms with Gasteiger partial charge >= 0.3 is 0 Å². The highest BCUT2D eigenvalue weighted by Gasteiger charge is 2.22. The SMILES string of the molecule is C=Cc1ccc(C(CC2=CCCC(C)CC=C2)C(C)C)c(C)c1Oc1ccccc1. The molecule has 0 saturated carbocycles. The van der Waals surface area contributed by atoms with Gasteiger partial charge in [-0.05, 0) is 73.6 Å². The van der Waals surface area contributed by atoms with E-state index in [1.807, 2.05) is 36.4 Å². The third-order valence-corrected chi connectivity index (χ3v) is 6.26. The van der Waals surface area contributed by atoms with Gasteiger partial charge in [0.1, 0.15) is 11.5 Å². The molecule has 2 aromatic rings. The van der Waals surface area contributed by atoms with Crippen molar-refractivity contribution in [2.24, 2.45) is 11.8 Å². The van der Waals surface area contributed by atoms with Crippen LogP contribution >= 0.6 is 0 Å². The molecule has 0 radical (unpaired) electrons. The molecule has 1 nitrogen and oxygen atoms in total. The van der Waals surface area contributed by atoms with Crippen LogP contribution in [0.5, 0.6) is 11.5 Å². The Labute approximate surface area is 183 Å². The van der Waals surface area contributed by atoms with E-state index in [0.29, 0.717) is 11.8 Å². The van der Waals surface area contributed by atoms with E-state index in [4.69, 9.17) is 4.74 Å². The minimum absolute atomic E-state index is 0.453. The van der Waals surface area contributed by atoms with Crippen LogP contribution in [-0.4, -0.2) is 0 Å². The lowest BCUT2D eigenvalue weighted by atomic mass is 9.80. The molecular formula is C29H36O. The van der Waals surface area contributed by atoms with Crippen molar-refractivity contribution in [1.29, 1.82) is 0 Å². The maximum atomic E-state index is 6.34. The molecule has 2 aromatic carbocycles. The van der Waals surface area contributed by atoms with Crippen LogP contribution in [-0.2, 0) is 0 Å². The quantitative estimate of drug-likeness (QED) is 0.451. The first kappa shape index (κ1) is 22.2. The zero-order valence-electron chi connectivity index (χ0n) is 19.0. The van der Waals surface area contributed by atoms with Crippen molar-refractivity contribution in [2.45, 2.75) is 59.3 Å². The fourth-order valence-electron chi connectivity index (χ4n) is 4.33. The van der Waals surface area contributed by atoms with Gasteiger partial charge in [-0.2, -0.15) is 0 Å². The highest BCUT2D eigenvalue weighted by molar-refractivity contribution is 5.62. The van der Waals surface area contributed by atoms with Crippen molar-refractivity contribution < 1.29 is 4.74 Å². The molecule has 0 bridgehead atoms. The average molecular weight is 401 g/mol. The van der Waals surface area contributed by atoms with Crippen LogP contribution in [0, 0.1) is 18.8 Å². The van der Waals surface area contributed by atoms with Crippen LogP contribution in [0.25, 0.3) is 6.08 Å². The molecule has 2 unspecified atom stereocenters. The van der Waals surface area contributed by atoms with Gasteiger partial charge in [0.05, 0.1) is 0 Å². The van der Waals surface area contributed by atoms with E-state index < -0.39 is 0 Å². The number of benzene rings is 2. The summed E-state index contributed by atoms with van der Waals surface area (Å²) in [5, 5.41) is 0. The van der Waals surface area contributed by atoms with Gasteiger partial charge in [0, 0.05) is 5.56 Å². The first-order valence-corrected chi connectivity index (χ1v) is 11.3. The molecule has 30 heavy (non-hydrogen) atoms. The second kappa shape index (κ2) is 10.5. The number of allylic oxidation sites excluding steroid dienone is 4. The molecule has 0 spiro atoms. The van der Waals surface area contributed by atoms with Crippen molar-refractivity contribution in [3.05, 3.63) is 89.5 Å². The molecular weight excluding hydrogens is 364 g/mol. The molecule has 0 N–H and O–H groups in total. The second-order valence-corrected chi connectivity index (χ2v) is 8.97. The van der Waals surface area contributed by atoms with Crippen molar-refractivity contribution in [3.8, 4) is 11.5 Å². The Balaban J connectivity index is 1.93. The standard InChI is InChI=1S/C29H36O/c1-6-25-18-19-27(23(5)29(25)30-26-16-8-7-9-17-26)28(21(2)3)20-24-14-10-12-22(4)13-11-15-24/h6-10,14-19,21-22,28H,1,11-13,20H2,2-5H3. The van der Waals surface area contributed by atoms with Crippen LogP contribution < -0.4 is 4.74 Å². The summed E-state index contributed by atoms with van der Waals surface area (Å²) in [6, 6.07) is 14.5. The van der Waals surface area contributed by atoms with E-state index in [2.05, 4.69) is 64.6 Å². The molecule has 1 heteroatoms. The molecule has 1 aliphatic carbocycles. The summed E-state index contributed by atoms with van der Waals surface area (Å²) in [4.78, 5) is 0. The van der Waals surface area contributed by atoms with Gasteiger partial charge in [-0.25, -0.2) is 0 Å². The monoisotopic (exact) mass is 400 g/mol. The molecule has 0 amide bonds. The first-order chi connectivity index (χ1) is 14.5. The average Bonchev–Trinajstić information content (AvgIpc) is 2.72. The van der Waals surface area contributed by atoms with Crippen LogP contribution in [0.3, 0.4) is 0 Å². The molecule has 0 aliphatic heterocycles. The summed E-state index contributed by atoms with van der Waals surface area (Å²) in [6.45, 7) is 13.2. The Morgan fingerprint density at radius 3 is 2.60 bits per heavy atom. The van der Waals surface area contributed by atoms with E-state index in [0.717, 1.165) is 29.4 Å². The van der Waals surface area contributed by atoms with Crippen molar-refractivity contribution in [1.82, 2.24) is 0 Å². The fraction of sp³-hybridized carbons (Fsp3) is 0.379. The fourth-order valence-corrected chi connectivity index (χ4v) is 4.33. The molecule has 1 aliphatic rings. The van der Waals surface area contributed by atoms with E-state index in [-0.39, 0.29) is 0 Å². The summed E-state index contributed by atoms with van der Waals surface area (Å²) >= 11 is 0. The second-order valence-electron chi connectivity index (χ2n) is 8.97. The predicted octanol–water partition coefficient (Wildman–Crippen LogP) is 8.86. The largest absolute Gasteiger partial charge is 0.456 e. The minimum atomic E-state index is 0.453. The molecule has 158 valence electrons. The Morgan fingerprint density at radius 2 is 1.90 bits per heavy atom. The lowest BCUT2D eigenvalue weighted by molar-refractivity contribution is 0.465. The Morgan fingerprint density at radius 1 is 1.13 bits per heavy atom. The van der Waals surface area contributed by atoms with E-state index in [9.17, 15) is 0 Å². The van der Waals surface area contributed by atoms with Gasteiger partial charge in [0.25, 0.3) is 0 Å². The molecule has 2 atom stereocenters. The van der Waals surface area contributed by atoms with Crippen molar-refractivity contribution in [2.75, 3.05) is 0 Å². The minimum Gasteiger partial charge on any atom is -0.456 e. The molecule has 0 saturated heterocycles. The number of ether oxygens (including phenoxy) is 1. The van der Waals surface area contributed by atoms with Gasteiger partial charge in [0.15, 0.2) is 0 Å². The first-order valence-electron chi connectivity index (χ1n) is 11.3. The summed E-state index contributed by atoms with van der Waals surface area (Å²) in [6.07, 6.45) is 13.8. The molecule has 0 heterocycles. The van der Waals surface area contributed by atoms with Gasteiger partial charge < -0.3 is 4.74 Å². The lowest BCUT2D eigenvalue weighted by Gasteiger charge is -2.26. The number of rotatable bonds is 7. The molecule has 0 aromatic heterocycles. The number of hydrogen-bond acceptors (Lipinski definition) is 1. The summed E-state index contributed by atoms with van der Waals surface area (Å²) in [5.41, 5.74) is 5.12. The Hall–Kier alpha value is -2.54. The maximum Gasteiger partial charge on any atom is 0.137 e. The summed E-state index contributed by atoms with van der Waals surface area (Å²) in [7, 11) is 0. The van der Waals surface area contributed by atoms with Gasteiger partial charge in [-0.3, -0.25) is 0 Å². The van der Waals surface area contributed by atoms with E-state index >= 15 is 0 Å². The maximum absolute atomic E-state index is 6.34. The van der Waals surface area contributed by atoms with Gasteiger partial charge in [-0.1, -0.05) is 87.6 Å². The van der Waals surface area contributed by atoms with Crippen LogP contribution in [0.2, 0.25) is 0 Å². The highest BCUT2D eigenvalue weighted by atomic mass is 16.5. The highest BCUT2D eigenvalue weighted by Crippen LogP contribution is 2.40.